The number of benzene rings is 1. The minimum absolute atomic E-state index is 0.0798. The molecule has 0 N–H and O–H groups in total. The van der Waals surface area contributed by atoms with Crippen molar-refractivity contribution < 1.29 is 13.2 Å². The molecule has 0 saturated carbocycles. The fraction of sp³-hybridized carbons (Fsp3) is 0.364. The number of sulfone groups is 1. The molecule has 0 aliphatic heterocycles. The monoisotopic (exact) mass is 314 g/mol. The zero-order chi connectivity index (χ0) is 14.6. The van der Waals surface area contributed by atoms with Gasteiger partial charge < -0.3 is 4.74 Å². The number of methoxy groups -OCH3 is 1. The van der Waals surface area contributed by atoms with Crippen LogP contribution in [0.15, 0.2) is 29.4 Å². The molecule has 9 heteroatoms. The van der Waals surface area contributed by atoms with E-state index in [0.717, 1.165) is 0 Å². The Kier molecular flexibility index (Phi) is 4.61. The zero-order valence-electron chi connectivity index (χ0n) is 11.1. The van der Waals surface area contributed by atoms with Crippen molar-refractivity contribution in [3.63, 3.8) is 0 Å². The molecule has 1 heterocycles. The molecule has 0 saturated heterocycles. The Hall–Kier alpha value is -1.61. The number of hydrogen-bond donors (Lipinski definition) is 0. The third-order valence-electron chi connectivity index (χ3n) is 2.44. The third kappa shape index (κ3) is 3.70. The fourth-order valence-electron chi connectivity index (χ4n) is 1.51. The standard InChI is InChI=1S/C11H14N4O3S2/c1-18-10-6-4-3-5-9(10)15-11(12-13-14-15)19-7-8-20(2,16)17/h3-6H,7-8H2,1-2H3. The summed E-state index contributed by atoms with van der Waals surface area (Å²) in [7, 11) is -1.42. The van der Waals surface area contributed by atoms with Crippen molar-refractivity contribution in [2.75, 3.05) is 24.9 Å². The van der Waals surface area contributed by atoms with Gasteiger partial charge in [-0.3, -0.25) is 0 Å². The van der Waals surface area contributed by atoms with Crippen LogP contribution < -0.4 is 4.74 Å². The fourth-order valence-corrected chi connectivity index (χ4v) is 3.59. The molecule has 1 aromatic heterocycles. The summed E-state index contributed by atoms with van der Waals surface area (Å²) in [5.74, 6) is 1.12. The van der Waals surface area contributed by atoms with Crippen molar-refractivity contribution in [1.82, 2.24) is 20.2 Å². The van der Waals surface area contributed by atoms with Gasteiger partial charge >= 0.3 is 0 Å². The Balaban J connectivity index is 2.20. The van der Waals surface area contributed by atoms with Crippen LogP contribution in [0.3, 0.4) is 0 Å². The van der Waals surface area contributed by atoms with E-state index in [0.29, 0.717) is 22.3 Å². The minimum atomic E-state index is -2.99. The molecule has 0 unspecified atom stereocenters. The Bertz CT molecular complexity index is 684. The molecular weight excluding hydrogens is 300 g/mol. The molecule has 7 nitrogen and oxygen atoms in total. The number of tetrazole rings is 1. The maximum atomic E-state index is 11.1. The van der Waals surface area contributed by atoms with Gasteiger partial charge in [-0.25, -0.2) is 8.42 Å². The first-order valence-corrected chi connectivity index (χ1v) is 8.78. The number of nitrogens with zero attached hydrogens (tertiary/aromatic N) is 4. The van der Waals surface area contributed by atoms with Crippen LogP contribution in [0.4, 0.5) is 0 Å². The molecule has 0 aliphatic rings. The van der Waals surface area contributed by atoms with E-state index in [1.165, 1.54) is 22.7 Å². The summed E-state index contributed by atoms with van der Waals surface area (Å²) in [5, 5.41) is 12.0. The maximum absolute atomic E-state index is 11.1. The van der Waals surface area contributed by atoms with Crippen molar-refractivity contribution in [1.29, 1.82) is 0 Å². The second-order valence-electron chi connectivity index (χ2n) is 4.02. The van der Waals surface area contributed by atoms with Gasteiger partial charge in [0.15, 0.2) is 0 Å². The Morgan fingerprint density at radius 2 is 2.10 bits per heavy atom. The highest BCUT2D eigenvalue weighted by molar-refractivity contribution is 8.00. The van der Waals surface area contributed by atoms with Gasteiger partial charge in [0.25, 0.3) is 0 Å². The number of aromatic nitrogens is 4. The molecule has 108 valence electrons. The number of rotatable bonds is 6. The highest BCUT2D eigenvalue weighted by atomic mass is 32.2. The lowest BCUT2D eigenvalue weighted by Gasteiger charge is -2.08. The van der Waals surface area contributed by atoms with Gasteiger partial charge in [-0.15, -0.1) is 5.10 Å². The van der Waals surface area contributed by atoms with E-state index in [2.05, 4.69) is 15.5 Å². The van der Waals surface area contributed by atoms with Crippen LogP contribution in [0.25, 0.3) is 5.69 Å². The van der Waals surface area contributed by atoms with Gasteiger partial charge in [0.05, 0.1) is 12.9 Å². The van der Waals surface area contributed by atoms with Crippen LogP contribution in [0, 0.1) is 0 Å². The first-order valence-electron chi connectivity index (χ1n) is 5.73. The van der Waals surface area contributed by atoms with Crippen LogP contribution in [0.2, 0.25) is 0 Å². The van der Waals surface area contributed by atoms with Crippen LogP contribution in [0.5, 0.6) is 5.75 Å². The predicted octanol–water partition coefficient (Wildman–Crippen LogP) is 0.808. The van der Waals surface area contributed by atoms with Gasteiger partial charge in [-0.2, -0.15) is 4.68 Å². The van der Waals surface area contributed by atoms with Gasteiger partial charge in [-0.1, -0.05) is 23.9 Å². The molecule has 2 rings (SSSR count). The number of para-hydroxylation sites is 2. The van der Waals surface area contributed by atoms with E-state index in [-0.39, 0.29) is 5.75 Å². The Morgan fingerprint density at radius 1 is 1.35 bits per heavy atom. The molecule has 0 amide bonds. The Labute approximate surface area is 121 Å². The van der Waals surface area contributed by atoms with Crippen molar-refractivity contribution in [3.05, 3.63) is 24.3 Å². The molecule has 1 aromatic carbocycles. The summed E-state index contributed by atoms with van der Waals surface area (Å²) in [6.07, 6.45) is 1.21. The van der Waals surface area contributed by atoms with Gasteiger partial charge in [0, 0.05) is 12.0 Å². The normalized spacial score (nSPS) is 11.5. The average Bonchev–Trinajstić information content (AvgIpc) is 2.85. The maximum Gasteiger partial charge on any atom is 0.214 e. The molecule has 2 aromatic rings. The molecule has 0 atom stereocenters. The number of ether oxygens (including phenoxy) is 1. The molecule has 0 bridgehead atoms. The summed E-state index contributed by atoms with van der Waals surface area (Å²) < 4.78 is 29.0. The first kappa shape index (κ1) is 14.8. The van der Waals surface area contributed by atoms with Crippen molar-refractivity contribution in [2.24, 2.45) is 0 Å². The predicted molar refractivity (Wildman–Crippen MR) is 76.1 cm³/mol. The van der Waals surface area contributed by atoms with E-state index in [1.54, 1.807) is 7.11 Å². The van der Waals surface area contributed by atoms with E-state index in [4.69, 9.17) is 4.74 Å². The molecule has 0 aliphatic carbocycles. The van der Waals surface area contributed by atoms with Gasteiger partial charge in [0.2, 0.25) is 5.16 Å². The zero-order valence-corrected chi connectivity index (χ0v) is 12.7. The lowest BCUT2D eigenvalue weighted by Crippen LogP contribution is -2.07. The molecule has 0 fully saturated rings. The van der Waals surface area contributed by atoms with Gasteiger partial charge in [0.1, 0.15) is 21.3 Å². The lowest BCUT2D eigenvalue weighted by atomic mass is 10.3. The molecular formula is C11H14N4O3S2. The van der Waals surface area contributed by atoms with Crippen molar-refractivity contribution >= 4 is 21.6 Å². The number of hydrogen-bond acceptors (Lipinski definition) is 7. The highest BCUT2D eigenvalue weighted by Crippen LogP contribution is 2.25. The average molecular weight is 314 g/mol. The van der Waals surface area contributed by atoms with Crippen molar-refractivity contribution in [3.8, 4) is 11.4 Å². The summed E-state index contributed by atoms with van der Waals surface area (Å²) in [6.45, 7) is 0. The highest BCUT2D eigenvalue weighted by Gasteiger charge is 2.13. The van der Waals surface area contributed by atoms with Gasteiger partial charge in [-0.05, 0) is 22.6 Å². The summed E-state index contributed by atoms with van der Waals surface area (Å²) in [4.78, 5) is 0. The minimum Gasteiger partial charge on any atom is -0.494 e. The van der Waals surface area contributed by atoms with E-state index < -0.39 is 9.84 Å². The molecule has 0 spiro atoms. The first-order chi connectivity index (χ1) is 9.51. The quantitative estimate of drug-likeness (QED) is 0.729. The number of thioether (sulfide) groups is 1. The second-order valence-corrected chi connectivity index (χ2v) is 7.35. The van der Waals surface area contributed by atoms with E-state index in [1.807, 2.05) is 24.3 Å². The second kappa shape index (κ2) is 6.23. The SMILES string of the molecule is COc1ccccc1-n1nnnc1SCCS(C)(=O)=O. The van der Waals surface area contributed by atoms with Crippen LogP contribution in [-0.2, 0) is 9.84 Å². The lowest BCUT2D eigenvalue weighted by molar-refractivity contribution is 0.410. The van der Waals surface area contributed by atoms with Crippen molar-refractivity contribution in [2.45, 2.75) is 5.16 Å². The molecule has 20 heavy (non-hydrogen) atoms. The summed E-state index contributed by atoms with van der Waals surface area (Å²) in [5.41, 5.74) is 0.710. The smallest absolute Gasteiger partial charge is 0.214 e. The largest absolute Gasteiger partial charge is 0.494 e. The molecule has 0 radical (unpaired) electrons. The summed E-state index contributed by atoms with van der Waals surface area (Å²) >= 11 is 1.29. The van der Waals surface area contributed by atoms with Crippen LogP contribution in [0.1, 0.15) is 0 Å². The summed E-state index contributed by atoms with van der Waals surface area (Å²) in [6, 6.07) is 7.34. The van der Waals surface area contributed by atoms with E-state index in [9.17, 15) is 8.42 Å². The Morgan fingerprint density at radius 3 is 2.80 bits per heavy atom. The topological polar surface area (TPSA) is 87.0 Å². The van der Waals surface area contributed by atoms with Crippen LogP contribution in [-0.4, -0.2) is 53.5 Å². The third-order valence-corrected chi connectivity index (χ3v) is 4.56. The van der Waals surface area contributed by atoms with E-state index >= 15 is 0 Å². The van der Waals surface area contributed by atoms with Crippen LogP contribution >= 0.6 is 11.8 Å².